The molecule has 1 spiro atoms. The monoisotopic (exact) mass is 516 g/mol. The number of amides is 2. The fourth-order valence-corrected chi connectivity index (χ4v) is 5.41. The second-order valence-electron chi connectivity index (χ2n) is 9.11. The first-order valence-corrected chi connectivity index (χ1v) is 11.3. The molecule has 2 saturated heterocycles. The van der Waals surface area contributed by atoms with Crippen molar-refractivity contribution in [3.8, 4) is 0 Å². The molecule has 0 bridgehead atoms. The Balaban J connectivity index is 1.62. The van der Waals surface area contributed by atoms with Gasteiger partial charge in [-0.05, 0) is 54.2 Å². The Morgan fingerprint density at radius 2 is 1.69 bits per heavy atom. The number of alkyl halides is 3. The minimum absolute atomic E-state index is 0.0973. The quantitative estimate of drug-likeness (QED) is 0.598. The van der Waals surface area contributed by atoms with E-state index in [1.807, 2.05) is 0 Å². The molecule has 0 aromatic heterocycles. The molecular formula is C24H22ClF5N2O3. The summed E-state index contributed by atoms with van der Waals surface area (Å²) >= 11 is 5.69. The predicted molar refractivity (Wildman–Crippen MR) is 116 cm³/mol. The second-order valence-corrected chi connectivity index (χ2v) is 9.54. The highest BCUT2D eigenvalue weighted by Gasteiger charge is 2.63. The Morgan fingerprint density at radius 3 is 2.26 bits per heavy atom. The van der Waals surface area contributed by atoms with E-state index >= 15 is 0 Å². The van der Waals surface area contributed by atoms with Gasteiger partial charge in [-0.1, -0.05) is 23.7 Å². The van der Waals surface area contributed by atoms with Gasteiger partial charge in [-0.15, -0.1) is 0 Å². The molecule has 4 rings (SSSR count). The van der Waals surface area contributed by atoms with Crippen LogP contribution in [0, 0.1) is 17.0 Å². The van der Waals surface area contributed by atoms with Crippen molar-refractivity contribution in [3.05, 3.63) is 70.2 Å². The number of carbonyl (C=O) groups excluding carboxylic acids is 2. The van der Waals surface area contributed by atoms with Crippen molar-refractivity contribution in [3.63, 3.8) is 0 Å². The van der Waals surface area contributed by atoms with Crippen molar-refractivity contribution in [2.24, 2.45) is 5.41 Å². The summed E-state index contributed by atoms with van der Waals surface area (Å²) in [6.45, 7) is -0.0524. The van der Waals surface area contributed by atoms with Crippen LogP contribution in [0.25, 0.3) is 0 Å². The van der Waals surface area contributed by atoms with Gasteiger partial charge in [0.1, 0.15) is 11.6 Å². The summed E-state index contributed by atoms with van der Waals surface area (Å²) in [5.74, 6) is -3.64. The van der Waals surface area contributed by atoms with Gasteiger partial charge in [0, 0.05) is 42.6 Å². The number of halogens is 6. The van der Waals surface area contributed by atoms with E-state index in [4.69, 9.17) is 11.6 Å². The van der Waals surface area contributed by atoms with Gasteiger partial charge in [0.05, 0.1) is 0 Å². The van der Waals surface area contributed by atoms with Gasteiger partial charge >= 0.3 is 6.18 Å². The maximum atomic E-state index is 14.0. The van der Waals surface area contributed by atoms with Crippen LogP contribution in [0.1, 0.15) is 36.3 Å². The van der Waals surface area contributed by atoms with Gasteiger partial charge < -0.3 is 15.3 Å². The topological polar surface area (TPSA) is 69.6 Å². The molecule has 0 radical (unpaired) electrons. The predicted octanol–water partition coefficient (Wildman–Crippen LogP) is 4.28. The maximum absolute atomic E-state index is 14.0. The summed E-state index contributed by atoms with van der Waals surface area (Å²) in [4.78, 5) is 26.2. The minimum Gasteiger partial charge on any atom is -0.368 e. The molecular weight excluding hydrogens is 495 g/mol. The van der Waals surface area contributed by atoms with Crippen molar-refractivity contribution in [1.82, 2.24) is 10.2 Å². The third-order valence-corrected chi connectivity index (χ3v) is 7.29. The van der Waals surface area contributed by atoms with Crippen LogP contribution in [-0.4, -0.2) is 47.6 Å². The lowest BCUT2D eigenvalue weighted by Crippen LogP contribution is -2.59. The molecule has 2 fully saturated rings. The smallest absolute Gasteiger partial charge is 0.368 e. The summed E-state index contributed by atoms with van der Waals surface area (Å²) in [6, 6.07) is 7.70. The number of likely N-dealkylation sites (tertiary alicyclic amines) is 1. The largest absolute Gasteiger partial charge is 0.430 e. The Bertz CT molecular complexity index is 1110. The van der Waals surface area contributed by atoms with Crippen LogP contribution in [0.4, 0.5) is 22.0 Å². The molecule has 2 aromatic rings. The zero-order valence-electron chi connectivity index (χ0n) is 18.3. The van der Waals surface area contributed by atoms with Crippen molar-refractivity contribution < 1.29 is 36.6 Å². The van der Waals surface area contributed by atoms with Gasteiger partial charge in [-0.2, -0.15) is 13.2 Å². The van der Waals surface area contributed by atoms with Gasteiger partial charge in [0.15, 0.2) is 0 Å². The molecule has 2 amide bonds. The van der Waals surface area contributed by atoms with Crippen molar-refractivity contribution in [2.45, 2.75) is 37.0 Å². The third kappa shape index (κ3) is 4.61. The number of rotatable bonds is 3. The lowest BCUT2D eigenvalue weighted by atomic mass is 9.62. The Kier molecular flexibility index (Phi) is 6.56. The average molecular weight is 517 g/mol. The molecule has 188 valence electrons. The van der Waals surface area contributed by atoms with E-state index in [0.29, 0.717) is 12.1 Å². The van der Waals surface area contributed by atoms with E-state index < -0.39 is 45.3 Å². The lowest BCUT2D eigenvalue weighted by Gasteiger charge is -2.50. The number of hydrogen-bond donors (Lipinski definition) is 2. The summed E-state index contributed by atoms with van der Waals surface area (Å²) in [7, 11) is 0. The van der Waals surface area contributed by atoms with Gasteiger partial charge in [-0.3, -0.25) is 9.59 Å². The third-order valence-electron chi connectivity index (χ3n) is 7.07. The molecule has 35 heavy (non-hydrogen) atoms. The normalized spacial score (nSPS) is 22.0. The Labute approximate surface area is 202 Å². The molecule has 2 aliphatic rings. The first-order chi connectivity index (χ1) is 16.4. The van der Waals surface area contributed by atoms with E-state index in [1.54, 1.807) is 12.1 Å². The van der Waals surface area contributed by atoms with Crippen LogP contribution in [0.2, 0.25) is 5.02 Å². The molecule has 0 aliphatic carbocycles. The van der Waals surface area contributed by atoms with E-state index in [0.717, 1.165) is 16.5 Å². The maximum Gasteiger partial charge on any atom is 0.430 e. The van der Waals surface area contributed by atoms with E-state index in [1.165, 1.54) is 12.1 Å². The number of benzene rings is 2. The van der Waals surface area contributed by atoms with Crippen molar-refractivity contribution in [1.29, 1.82) is 0 Å². The number of nitrogens with one attached hydrogen (secondary N) is 1. The van der Waals surface area contributed by atoms with E-state index in [9.17, 15) is 36.6 Å². The van der Waals surface area contributed by atoms with Crippen LogP contribution in [-0.2, 0) is 15.2 Å². The summed E-state index contributed by atoms with van der Waals surface area (Å²) in [6.07, 6.45) is -4.98. The molecule has 11 heteroatoms. The fourth-order valence-electron chi connectivity index (χ4n) is 5.18. The first-order valence-electron chi connectivity index (χ1n) is 10.9. The molecule has 2 aromatic carbocycles. The van der Waals surface area contributed by atoms with Crippen molar-refractivity contribution in [2.75, 3.05) is 19.6 Å². The van der Waals surface area contributed by atoms with Crippen LogP contribution in [0.15, 0.2) is 42.5 Å². The summed E-state index contributed by atoms with van der Waals surface area (Å²) < 4.78 is 69.3. The second kappa shape index (κ2) is 9.05. The SMILES string of the molecule is O=C1CC2(CCN(C(=O)[C@](O)(c3cc(F)cc(Cl)c3)C(F)(F)F)CC2)[C@H](c2ccc(F)cc2)CN1. The lowest BCUT2D eigenvalue weighted by molar-refractivity contribution is -0.262. The van der Waals surface area contributed by atoms with Crippen LogP contribution in [0.3, 0.4) is 0 Å². The minimum atomic E-state index is -5.45. The number of nitrogens with zero attached hydrogens (tertiary/aromatic N) is 1. The zero-order chi connectivity index (χ0) is 25.6. The van der Waals surface area contributed by atoms with Crippen LogP contribution < -0.4 is 5.32 Å². The molecule has 2 atom stereocenters. The number of carbonyl (C=O) groups is 2. The van der Waals surface area contributed by atoms with E-state index in [2.05, 4.69) is 5.32 Å². The molecule has 2 aliphatic heterocycles. The Morgan fingerprint density at radius 1 is 1.06 bits per heavy atom. The first kappa shape index (κ1) is 25.4. The highest BCUT2D eigenvalue weighted by Crippen LogP contribution is 2.50. The van der Waals surface area contributed by atoms with E-state index in [-0.39, 0.29) is 50.7 Å². The molecule has 2 N–H and O–H groups in total. The highest BCUT2D eigenvalue weighted by molar-refractivity contribution is 6.30. The van der Waals surface area contributed by atoms with Crippen LogP contribution in [0.5, 0.6) is 0 Å². The molecule has 5 nitrogen and oxygen atoms in total. The van der Waals surface area contributed by atoms with Gasteiger partial charge in [0.25, 0.3) is 11.5 Å². The van der Waals surface area contributed by atoms with Gasteiger partial charge in [-0.25, -0.2) is 8.78 Å². The molecule has 2 heterocycles. The number of piperidine rings is 2. The summed E-state index contributed by atoms with van der Waals surface area (Å²) in [5.41, 5.74) is -4.90. The number of aliphatic hydroxyl groups is 1. The fraction of sp³-hybridized carbons (Fsp3) is 0.417. The molecule has 0 unspecified atom stereocenters. The standard InChI is InChI=1S/C24H22ClF5N2O3/c25-16-9-15(10-18(27)11-16)23(35,24(28,29)30)21(34)32-7-5-22(6-8-32)12-20(33)31-13-19(22)14-1-3-17(26)4-2-14/h1-4,9-11,19,35H,5-8,12-13H2,(H,31,33)/t19-,23+/m0/s1. The zero-order valence-corrected chi connectivity index (χ0v) is 19.1. The van der Waals surface area contributed by atoms with Crippen molar-refractivity contribution >= 4 is 23.4 Å². The Hall–Kier alpha value is -2.72. The molecule has 0 saturated carbocycles. The number of hydrogen-bond acceptors (Lipinski definition) is 3. The van der Waals surface area contributed by atoms with Gasteiger partial charge in [0.2, 0.25) is 5.91 Å². The van der Waals surface area contributed by atoms with Crippen LogP contribution >= 0.6 is 11.6 Å². The average Bonchev–Trinajstić information content (AvgIpc) is 2.78. The highest BCUT2D eigenvalue weighted by atomic mass is 35.5. The summed E-state index contributed by atoms with van der Waals surface area (Å²) in [5, 5.41) is 13.0.